The summed E-state index contributed by atoms with van der Waals surface area (Å²) in [7, 11) is 3.06. The van der Waals surface area contributed by atoms with Gasteiger partial charge in [-0.25, -0.2) is 4.39 Å². The van der Waals surface area contributed by atoms with Gasteiger partial charge in [0.1, 0.15) is 17.3 Å². The van der Waals surface area contributed by atoms with Crippen molar-refractivity contribution in [3.8, 4) is 17.2 Å². The van der Waals surface area contributed by atoms with Crippen LogP contribution in [-0.4, -0.2) is 44.5 Å². The third kappa shape index (κ3) is 4.60. The second-order valence-electron chi connectivity index (χ2n) is 7.20. The van der Waals surface area contributed by atoms with E-state index in [0.29, 0.717) is 34.5 Å². The zero-order valence-corrected chi connectivity index (χ0v) is 19.5. The molecule has 0 saturated heterocycles. The Labute approximate surface area is 198 Å². The molecule has 1 amide bonds. The van der Waals surface area contributed by atoms with Crippen LogP contribution in [0.4, 0.5) is 10.1 Å². The molecule has 1 atom stereocenters. The normalized spacial score (nSPS) is 11.9. The van der Waals surface area contributed by atoms with Crippen molar-refractivity contribution in [3.05, 3.63) is 71.0 Å². The van der Waals surface area contributed by atoms with E-state index in [1.807, 2.05) is 6.92 Å². The minimum Gasteiger partial charge on any atom is -0.497 e. The number of fused-ring (bicyclic) bond motifs is 1. The van der Waals surface area contributed by atoms with Crippen LogP contribution in [0, 0.1) is 5.82 Å². The van der Waals surface area contributed by atoms with Crippen molar-refractivity contribution in [2.75, 3.05) is 19.5 Å². The maximum atomic E-state index is 13.6. The Hall–Kier alpha value is -3.86. The molecular weight excluding hydrogens is 461 g/mol. The van der Waals surface area contributed by atoms with E-state index in [-0.39, 0.29) is 11.6 Å². The monoisotopic (exact) mass is 483 g/mol. The first-order chi connectivity index (χ1) is 16.4. The summed E-state index contributed by atoms with van der Waals surface area (Å²) in [4.78, 5) is 25.9. The highest BCUT2D eigenvalue weighted by Gasteiger charge is 2.23. The predicted octanol–water partition coefficient (Wildman–Crippen LogP) is 3.55. The molecule has 0 aliphatic rings. The average molecular weight is 484 g/mol. The minimum atomic E-state index is -0.509. The van der Waals surface area contributed by atoms with Crippen molar-refractivity contribution in [1.29, 1.82) is 0 Å². The largest absolute Gasteiger partial charge is 0.497 e. The number of methoxy groups -OCH3 is 2. The van der Waals surface area contributed by atoms with Gasteiger partial charge >= 0.3 is 5.56 Å². The van der Waals surface area contributed by atoms with Gasteiger partial charge in [0.15, 0.2) is 5.16 Å². The number of hydrogen-bond donors (Lipinski definition) is 1. The van der Waals surface area contributed by atoms with Crippen LogP contribution in [0.2, 0.25) is 0 Å². The number of rotatable bonds is 8. The van der Waals surface area contributed by atoms with Crippen molar-refractivity contribution in [2.45, 2.75) is 23.8 Å². The Morgan fingerprint density at radius 3 is 2.68 bits per heavy atom. The summed E-state index contributed by atoms with van der Waals surface area (Å²) in [5.41, 5.74) is 0.509. The van der Waals surface area contributed by atoms with Crippen molar-refractivity contribution < 1.29 is 18.7 Å². The summed E-state index contributed by atoms with van der Waals surface area (Å²) in [5.74, 6) is 0.376. The standard InChI is InChI=1S/C23H22FN5O4S/c1-4-19(21(30)25-17-9-8-16(32-2)13-18(17)33-3)34-23-27-26-20-22(31)28(10-11-29(20)23)15-7-5-6-14(24)12-15/h5-13,19H,4H2,1-3H3,(H,25,30)/t19-/m1/s1. The number of carbonyl (C=O) groups is 1. The number of nitrogens with zero attached hydrogens (tertiary/aromatic N) is 4. The quantitative estimate of drug-likeness (QED) is 0.383. The maximum absolute atomic E-state index is 13.6. The van der Waals surface area contributed by atoms with Gasteiger partial charge in [-0.3, -0.25) is 18.6 Å². The smallest absolute Gasteiger partial charge is 0.300 e. The SMILES string of the molecule is CC[C@@H](Sc1nnc2c(=O)n(-c3cccc(F)c3)ccn12)C(=O)Nc1ccc(OC)cc1OC. The van der Waals surface area contributed by atoms with Gasteiger partial charge in [-0.2, -0.15) is 0 Å². The number of halogens is 1. The molecule has 9 nitrogen and oxygen atoms in total. The molecule has 0 saturated carbocycles. The summed E-state index contributed by atoms with van der Waals surface area (Å²) >= 11 is 1.19. The van der Waals surface area contributed by atoms with E-state index >= 15 is 0 Å². The molecule has 2 aromatic carbocycles. The summed E-state index contributed by atoms with van der Waals surface area (Å²) in [5, 5.41) is 10.9. The average Bonchev–Trinajstić information content (AvgIpc) is 3.26. The van der Waals surface area contributed by atoms with Crippen LogP contribution >= 0.6 is 11.8 Å². The van der Waals surface area contributed by atoms with Crippen LogP contribution in [-0.2, 0) is 4.79 Å². The van der Waals surface area contributed by atoms with Gasteiger partial charge in [-0.15, -0.1) is 10.2 Å². The number of anilines is 1. The van der Waals surface area contributed by atoms with E-state index in [1.165, 1.54) is 52.2 Å². The first-order valence-electron chi connectivity index (χ1n) is 10.4. The zero-order chi connectivity index (χ0) is 24.2. The van der Waals surface area contributed by atoms with Crippen LogP contribution in [0.3, 0.4) is 0 Å². The van der Waals surface area contributed by atoms with Gasteiger partial charge in [0.25, 0.3) is 0 Å². The number of amides is 1. The van der Waals surface area contributed by atoms with E-state index in [2.05, 4.69) is 15.5 Å². The van der Waals surface area contributed by atoms with Gasteiger partial charge in [0.05, 0.1) is 30.8 Å². The minimum absolute atomic E-state index is 0.0707. The van der Waals surface area contributed by atoms with Gasteiger partial charge in [-0.05, 0) is 36.8 Å². The van der Waals surface area contributed by atoms with E-state index in [0.717, 1.165) is 0 Å². The first-order valence-corrected chi connectivity index (χ1v) is 11.2. The number of hydrogen-bond acceptors (Lipinski definition) is 7. The molecule has 0 fully saturated rings. The fourth-order valence-electron chi connectivity index (χ4n) is 3.34. The van der Waals surface area contributed by atoms with Crippen LogP contribution in [0.1, 0.15) is 13.3 Å². The van der Waals surface area contributed by atoms with Crippen LogP contribution in [0.5, 0.6) is 11.5 Å². The molecule has 0 aliphatic carbocycles. The fourth-order valence-corrected chi connectivity index (χ4v) is 4.28. The molecule has 4 aromatic rings. The highest BCUT2D eigenvalue weighted by molar-refractivity contribution is 8.00. The number of benzene rings is 2. The van der Waals surface area contributed by atoms with Crippen LogP contribution < -0.4 is 20.3 Å². The third-order valence-electron chi connectivity index (χ3n) is 5.10. The van der Waals surface area contributed by atoms with E-state index in [1.54, 1.807) is 37.6 Å². The Kier molecular flexibility index (Phi) is 6.82. The molecule has 0 radical (unpaired) electrons. The molecule has 2 heterocycles. The molecule has 2 aromatic heterocycles. The molecular formula is C23H22FN5O4S. The number of carbonyl (C=O) groups excluding carboxylic acids is 1. The molecule has 1 N–H and O–H groups in total. The predicted molar refractivity (Wildman–Crippen MR) is 127 cm³/mol. The Balaban J connectivity index is 1.58. The summed E-state index contributed by atoms with van der Waals surface area (Å²) in [6.45, 7) is 1.88. The highest BCUT2D eigenvalue weighted by atomic mass is 32.2. The lowest BCUT2D eigenvalue weighted by molar-refractivity contribution is -0.115. The van der Waals surface area contributed by atoms with Gasteiger partial charge in [-0.1, -0.05) is 24.8 Å². The summed E-state index contributed by atoms with van der Waals surface area (Å²) in [6.07, 6.45) is 3.63. The first kappa shape index (κ1) is 23.3. The maximum Gasteiger partial charge on any atom is 0.300 e. The molecule has 0 bridgehead atoms. The Bertz CT molecular complexity index is 1400. The van der Waals surface area contributed by atoms with Crippen molar-refractivity contribution >= 4 is 29.0 Å². The highest BCUT2D eigenvalue weighted by Crippen LogP contribution is 2.31. The second-order valence-corrected chi connectivity index (χ2v) is 8.37. The van der Waals surface area contributed by atoms with Gasteiger partial charge in [0.2, 0.25) is 11.6 Å². The van der Waals surface area contributed by atoms with Crippen molar-refractivity contribution in [3.63, 3.8) is 0 Å². The number of aromatic nitrogens is 4. The lowest BCUT2D eigenvalue weighted by Gasteiger charge is -2.16. The van der Waals surface area contributed by atoms with E-state index in [4.69, 9.17) is 9.47 Å². The number of thioether (sulfide) groups is 1. The fraction of sp³-hybridized carbons (Fsp3) is 0.217. The Morgan fingerprint density at radius 2 is 1.97 bits per heavy atom. The lowest BCUT2D eigenvalue weighted by Crippen LogP contribution is -2.25. The lowest BCUT2D eigenvalue weighted by atomic mass is 10.2. The molecule has 34 heavy (non-hydrogen) atoms. The number of ether oxygens (including phenoxy) is 2. The zero-order valence-electron chi connectivity index (χ0n) is 18.7. The van der Waals surface area contributed by atoms with Crippen LogP contribution in [0.15, 0.2) is 64.8 Å². The topological polar surface area (TPSA) is 99.8 Å². The molecule has 0 aliphatic heterocycles. The van der Waals surface area contributed by atoms with E-state index in [9.17, 15) is 14.0 Å². The second kappa shape index (κ2) is 9.96. The van der Waals surface area contributed by atoms with Gasteiger partial charge < -0.3 is 14.8 Å². The van der Waals surface area contributed by atoms with Gasteiger partial charge in [0, 0.05) is 18.5 Å². The van der Waals surface area contributed by atoms with E-state index < -0.39 is 16.6 Å². The Morgan fingerprint density at radius 1 is 1.15 bits per heavy atom. The van der Waals surface area contributed by atoms with Crippen molar-refractivity contribution in [1.82, 2.24) is 19.2 Å². The molecule has 0 unspecified atom stereocenters. The molecule has 0 spiro atoms. The molecule has 4 rings (SSSR count). The van der Waals surface area contributed by atoms with Crippen molar-refractivity contribution in [2.24, 2.45) is 0 Å². The van der Waals surface area contributed by atoms with Crippen LogP contribution in [0.25, 0.3) is 11.3 Å². The third-order valence-corrected chi connectivity index (χ3v) is 6.42. The molecule has 176 valence electrons. The number of nitrogens with one attached hydrogen (secondary N) is 1. The molecule has 11 heteroatoms. The summed E-state index contributed by atoms with van der Waals surface area (Å²) < 4.78 is 26.9. The summed E-state index contributed by atoms with van der Waals surface area (Å²) in [6, 6.07) is 10.8.